The Bertz CT molecular complexity index is 693. The molecule has 17 heavy (non-hydrogen) atoms. The van der Waals surface area contributed by atoms with Gasteiger partial charge in [0.15, 0.2) is 5.58 Å². The average Bonchev–Trinajstić information content (AvgIpc) is 2.74. The summed E-state index contributed by atoms with van der Waals surface area (Å²) in [5.41, 5.74) is 2.05. The maximum atomic E-state index is 13.1. The fourth-order valence-corrected chi connectivity index (χ4v) is 2.10. The molecule has 0 spiro atoms. The molecule has 0 radical (unpaired) electrons. The van der Waals surface area contributed by atoms with Gasteiger partial charge in [-0.3, -0.25) is 0 Å². The molecule has 2 aromatic carbocycles. The van der Waals surface area contributed by atoms with Crippen LogP contribution in [0.5, 0.6) is 0 Å². The number of benzene rings is 2. The summed E-state index contributed by atoms with van der Waals surface area (Å²) in [5.74, 6) is 0.121. The van der Waals surface area contributed by atoms with Gasteiger partial charge in [-0.15, -0.1) is 0 Å². The summed E-state index contributed by atoms with van der Waals surface area (Å²) in [6.45, 7) is 0. The zero-order chi connectivity index (χ0) is 11.8. The molecule has 0 N–H and O–H groups in total. The number of aromatic nitrogens is 1. The Morgan fingerprint density at radius 2 is 1.94 bits per heavy atom. The van der Waals surface area contributed by atoms with Gasteiger partial charge in [0.25, 0.3) is 0 Å². The van der Waals surface area contributed by atoms with Gasteiger partial charge in [-0.1, -0.05) is 12.1 Å². The van der Waals surface area contributed by atoms with Crippen LogP contribution in [0, 0.1) is 5.82 Å². The third-order valence-electron chi connectivity index (χ3n) is 2.44. The van der Waals surface area contributed by atoms with Crippen molar-refractivity contribution in [3.8, 4) is 11.5 Å². The lowest BCUT2D eigenvalue weighted by Gasteiger charge is -1.94. The summed E-state index contributed by atoms with van der Waals surface area (Å²) in [6.07, 6.45) is 0. The van der Waals surface area contributed by atoms with E-state index in [1.54, 1.807) is 12.1 Å². The van der Waals surface area contributed by atoms with E-state index in [0.29, 0.717) is 17.0 Å². The van der Waals surface area contributed by atoms with Gasteiger partial charge in [-0.05, 0) is 46.3 Å². The second-order valence-corrected chi connectivity index (χ2v) is 4.47. The summed E-state index contributed by atoms with van der Waals surface area (Å²) >= 11 is 3.39. The van der Waals surface area contributed by atoms with Crippen molar-refractivity contribution in [2.75, 3.05) is 0 Å². The molecule has 1 aromatic heterocycles. The van der Waals surface area contributed by atoms with Gasteiger partial charge in [-0.2, -0.15) is 0 Å². The Kier molecular flexibility index (Phi) is 2.44. The quantitative estimate of drug-likeness (QED) is 0.664. The van der Waals surface area contributed by atoms with Gasteiger partial charge in [0.05, 0.1) is 4.47 Å². The molecule has 0 aliphatic carbocycles. The molecule has 0 atom stereocenters. The normalized spacial score (nSPS) is 10.9. The molecule has 3 aromatic rings. The minimum Gasteiger partial charge on any atom is -0.435 e. The van der Waals surface area contributed by atoms with Crippen LogP contribution < -0.4 is 0 Å². The molecule has 3 rings (SSSR count). The largest absolute Gasteiger partial charge is 0.435 e. The van der Waals surface area contributed by atoms with Gasteiger partial charge in [0.1, 0.15) is 11.3 Å². The zero-order valence-electron chi connectivity index (χ0n) is 8.65. The van der Waals surface area contributed by atoms with Gasteiger partial charge in [0.2, 0.25) is 5.89 Å². The molecule has 0 saturated heterocycles. The molecule has 0 aliphatic heterocycles. The first-order chi connectivity index (χ1) is 8.24. The molecule has 84 valence electrons. The Labute approximate surface area is 105 Å². The highest BCUT2D eigenvalue weighted by atomic mass is 79.9. The van der Waals surface area contributed by atoms with Gasteiger partial charge in [-0.25, -0.2) is 9.37 Å². The lowest BCUT2D eigenvalue weighted by atomic mass is 10.2. The van der Waals surface area contributed by atoms with E-state index in [9.17, 15) is 4.39 Å². The molecular weight excluding hydrogens is 285 g/mol. The van der Waals surface area contributed by atoms with Crippen LogP contribution in [0.25, 0.3) is 22.6 Å². The van der Waals surface area contributed by atoms with Gasteiger partial charge >= 0.3 is 0 Å². The van der Waals surface area contributed by atoms with Crippen LogP contribution in [0.3, 0.4) is 0 Å². The highest BCUT2D eigenvalue weighted by Gasteiger charge is 2.10. The number of fused-ring (bicyclic) bond motifs is 1. The number of para-hydroxylation sites is 1. The predicted molar refractivity (Wildman–Crippen MR) is 67.1 cm³/mol. The SMILES string of the molecule is Fc1cccc(-c2nc3cccc(Br)c3o2)c1. The fourth-order valence-electron chi connectivity index (χ4n) is 1.66. The Balaban J connectivity index is 2.22. The Morgan fingerprint density at radius 1 is 1.12 bits per heavy atom. The fraction of sp³-hybridized carbons (Fsp3) is 0. The first kappa shape index (κ1) is 10.5. The molecule has 0 fully saturated rings. The Morgan fingerprint density at radius 3 is 2.71 bits per heavy atom. The summed E-state index contributed by atoms with van der Waals surface area (Å²) in [5, 5.41) is 0. The zero-order valence-corrected chi connectivity index (χ0v) is 10.2. The number of hydrogen-bond acceptors (Lipinski definition) is 2. The topological polar surface area (TPSA) is 26.0 Å². The molecule has 2 nitrogen and oxygen atoms in total. The van der Waals surface area contributed by atoms with E-state index in [-0.39, 0.29) is 5.82 Å². The lowest BCUT2D eigenvalue weighted by molar-refractivity contribution is 0.610. The molecule has 0 bridgehead atoms. The molecule has 0 saturated carbocycles. The van der Waals surface area contributed by atoms with Crippen LogP contribution in [0.15, 0.2) is 51.4 Å². The average molecular weight is 292 g/mol. The third kappa shape index (κ3) is 1.85. The van der Waals surface area contributed by atoms with E-state index < -0.39 is 0 Å². The van der Waals surface area contributed by atoms with E-state index in [0.717, 1.165) is 9.99 Å². The van der Waals surface area contributed by atoms with Crippen molar-refractivity contribution in [2.45, 2.75) is 0 Å². The first-order valence-corrected chi connectivity index (χ1v) is 5.84. The van der Waals surface area contributed by atoms with Crippen LogP contribution in [0.2, 0.25) is 0 Å². The van der Waals surface area contributed by atoms with Gasteiger partial charge in [0, 0.05) is 5.56 Å². The molecule has 0 amide bonds. The van der Waals surface area contributed by atoms with Crippen molar-refractivity contribution in [3.63, 3.8) is 0 Å². The highest BCUT2D eigenvalue weighted by Crippen LogP contribution is 2.29. The maximum Gasteiger partial charge on any atom is 0.227 e. The van der Waals surface area contributed by atoms with Crippen LogP contribution >= 0.6 is 15.9 Å². The molecule has 1 heterocycles. The van der Waals surface area contributed by atoms with E-state index in [4.69, 9.17) is 4.42 Å². The second-order valence-electron chi connectivity index (χ2n) is 3.62. The highest BCUT2D eigenvalue weighted by molar-refractivity contribution is 9.10. The predicted octanol–water partition coefficient (Wildman–Crippen LogP) is 4.40. The number of oxazole rings is 1. The van der Waals surface area contributed by atoms with Crippen LogP contribution in [0.4, 0.5) is 4.39 Å². The van der Waals surface area contributed by atoms with E-state index in [1.165, 1.54) is 12.1 Å². The van der Waals surface area contributed by atoms with Crippen molar-refractivity contribution in [1.82, 2.24) is 4.98 Å². The van der Waals surface area contributed by atoms with Crippen molar-refractivity contribution >= 4 is 27.0 Å². The molecular formula is C13H7BrFNO. The summed E-state index contributed by atoms with van der Waals surface area (Å²) in [6, 6.07) is 11.8. The van der Waals surface area contributed by atoms with E-state index >= 15 is 0 Å². The van der Waals surface area contributed by atoms with Crippen molar-refractivity contribution in [1.29, 1.82) is 0 Å². The van der Waals surface area contributed by atoms with Crippen molar-refractivity contribution < 1.29 is 8.81 Å². The van der Waals surface area contributed by atoms with Crippen molar-refractivity contribution in [3.05, 3.63) is 52.8 Å². The smallest absolute Gasteiger partial charge is 0.227 e. The van der Waals surface area contributed by atoms with E-state index in [2.05, 4.69) is 20.9 Å². The number of rotatable bonds is 1. The number of nitrogens with zero attached hydrogens (tertiary/aromatic N) is 1. The second kappa shape index (κ2) is 3.96. The summed E-state index contributed by atoms with van der Waals surface area (Å²) in [7, 11) is 0. The number of hydrogen-bond donors (Lipinski definition) is 0. The summed E-state index contributed by atoms with van der Waals surface area (Å²) < 4.78 is 19.6. The van der Waals surface area contributed by atoms with Gasteiger partial charge < -0.3 is 4.42 Å². The molecule has 0 aliphatic rings. The monoisotopic (exact) mass is 291 g/mol. The maximum absolute atomic E-state index is 13.1. The van der Waals surface area contributed by atoms with Crippen LogP contribution in [-0.4, -0.2) is 4.98 Å². The van der Waals surface area contributed by atoms with Crippen LogP contribution in [-0.2, 0) is 0 Å². The minimum atomic E-state index is -0.302. The number of halogens is 2. The lowest BCUT2D eigenvalue weighted by Crippen LogP contribution is -1.78. The van der Waals surface area contributed by atoms with Crippen LogP contribution in [0.1, 0.15) is 0 Å². The molecule has 4 heteroatoms. The molecule has 0 unspecified atom stereocenters. The third-order valence-corrected chi connectivity index (χ3v) is 3.06. The Hall–Kier alpha value is -1.68. The standard InChI is InChI=1S/C13H7BrFNO/c14-10-5-2-6-11-12(10)17-13(16-11)8-3-1-4-9(15)7-8/h1-7H. The summed E-state index contributed by atoms with van der Waals surface area (Å²) in [4.78, 5) is 4.32. The minimum absolute atomic E-state index is 0.302. The van der Waals surface area contributed by atoms with E-state index in [1.807, 2.05) is 18.2 Å². The van der Waals surface area contributed by atoms with Crippen molar-refractivity contribution in [2.24, 2.45) is 0 Å². The first-order valence-electron chi connectivity index (χ1n) is 5.05.